The van der Waals surface area contributed by atoms with E-state index >= 15 is 0 Å². The highest BCUT2D eigenvalue weighted by Gasteiger charge is 2.60. The van der Waals surface area contributed by atoms with Crippen LogP contribution < -0.4 is 0 Å². The average molecular weight is 370 g/mol. The van der Waals surface area contributed by atoms with Gasteiger partial charge in [0.15, 0.2) is 17.9 Å². The van der Waals surface area contributed by atoms with E-state index in [-0.39, 0.29) is 6.10 Å². The maximum absolute atomic E-state index is 10.4. The van der Waals surface area contributed by atoms with Gasteiger partial charge in [-0.3, -0.25) is 0 Å². The van der Waals surface area contributed by atoms with Crippen molar-refractivity contribution in [3.63, 3.8) is 0 Å². The maximum Gasteiger partial charge on any atom is 0.184 e. The first-order valence-electron chi connectivity index (χ1n) is 10.3. The van der Waals surface area contributed by atoms with E-state index in [9.17, 15) is 10.2 Å². The second kappa shape index (κ2) is 6.65. The predicted molar refractivity (Wildman–Crippen MR) is 89.1 cm³/mol. The van der Waals surface area contributed by atoms with Crippen LogP contribution in [0.2, 0.25) is 0 Å². The zero-order chi connectivity index (χ0) is 17.8. The van der Waals surface area contributed by atoms with Gasteiger partial charge in [0, 0.05) is 25.7 Å². The third kappa shape index (κ3) is 2.92. The van der Waals surface area contributed by atoms with Crippen LogP contribution >= 0.6 is 0 Å². The Labute approximate surface area is 153 Å². The summed E-state index contributed by atoms with van der Waals surface area (Å²) in [7, 11) is 0. The Morgan fingerprint density at radius 3 is 1.96 bits per heavy atom. The molecule has 26 heavy (non-hydrogen) atoms. The molecule has 3 heterocycles. The van der Waals surface area contributed by atoms with Crippen molar-refractivity contribution in [3.8, 4) is 0 Å². The van der Waals surface area contributed by atoms with Gasteiger partial charge >= 0.3 is 0 Å². The van der Waals surface area contributed by atoms with Crippen LogP contribution in [0.4, 0.5) is 0 Å². The van der Waals surface area contributed by atoms with E-state index < -0.39 is 42.3 Å². The van der Waals surface area contributed by atoms with Crippen molar-refractivity contribution in [3.05, 3.63) is 0 Å². The van der Waals surface area contributed by atoms with Crippen LogP contribution in [0.25, 0.3) is 0 Å². The van der Waals surface area contributed by atoms with Crippen molar-refractivity contribution < 1.29 is 33.9 Å². The second-order valence-corrected chi connectivity index (χ2v) is 8.56. The molecule has 5 aliphatic rings. The maximum atomic E-state index is 10.4. The summed E-state index contributed by atoms with van der Waals surface area (Å²) in [6.07, 6.45) is 5.90. The van der Waals surface area contributed by atoms with E-state index in [0.717, 1.165) is 51.4 Å². The van der Waals surface area contributed by atoms with Crippen LogP contribution in [0.5, 0.6) is 0 Å². The molecule has 2 saturated carbocycles. The standard InChI is InChI=1S/C19H30O7/c20-13-15-16(26-19(25-15)9-5-2-6-10-19)14(23-17(13)21)12-11-22-18(24-12)7-3-1-4-8-18/h12-17,20-21H,1-11H2/t12-,13-,14?,15+,16-,17-/m1/s1. The van der Waals surface area contributed by atoms with E-state index in [1.54, 1.807) is 0 Å². The number of hydrogen-bond acceptors (Lipinski definition) is 7. The quantitative estimate of drug-likeness (QED) is 0.725. The van der Waals surface area contributed by atoms with Gasteiger partial charge in [-0.15, -0.1) is 0 Å². The molecular formula is C19H30O7. The third-order valence-corrected chi connectivity index (χ3v) is 6.75. The summed E-state index contributed by atoms with van der Waals surface area (Å²) in [4.78, 5) is 0. The Hall–Kier alpha value is -0.280. The minimum Gasteiger partial charge on any atom is -0.385 e. The lowest BCUT2D eigenvalue weighted by Crippen LogP contribution is -2.60. The van der Waals surface area contributed by atoms with Gasteiger partial charge in [-0.05, 0) is 25.7 Å². The average Bonchev–Trinajstić information content (AvgIpc) is 3.22. The summed E-state index contributed by atoms with van der Waals surface area (Å²) < 4.78 is 30.7. The molecule has 3 aliphatic heterocycles. The summed E-state index contributed by atoms with van der Waals surface area (Å²) >= 11 is 0. The van der Waals surface area contributed by atoms with Crippen LogP contribution in [-0.4, -0.2) is 65.2 Å². The Morgan fingerprint density at radius 2 is 1.27 bits per heavy atom. The Morgan fingerprint density at radius 1 is 0.654 bits per heavy atom. The third-order valence-electron chi connectivity index (χ3n) is 6.75. The fourth-order valence-electron chi connectivity index (χ4n) is 5.37. The highest BCUT2D eigenvalue weighted by atomic mass is 16.8. The van der Waals surface area contributed by atoms with E-state index in [4.69, 9.17) is 23.7 Å². The van der Waals surface area contributed by atoms with Gasteiger partial charge in [0.1, 0.15) is 30.5 Å². The molecule has 0 aromatic rings. The summed E-state index contributed by atoms with van der Waals surface area (Å²) in [5.74, 6) is -1.16. The summed E-state index contributed by atoms with van der Waals surface area (Å²) in [5, 5.41) is 20.7. The molecule has 2 spiro atoms. The Kier molecular flexibility index (Phi) is 4.55. The molecule has 1 unspecified atom stereocenters. The van der Waals surface area contributed by atoms with Crippen LogP contribution in [0.3, 0.4) is 0 Å². The minimum atomic E-state index is -1.30. The summed E-state index contributed by atoms with van der Waals surface area (Å²) in [5.41, 5.74) is 0. The smallest absolute Gasteiger partial charge is 0.184 e. The van der Waals surface area contributed by atoms with Crippen molar-refractivity contribution in [2.24, 2.45) is 0 Å². The fraction of sp³-hybridized carbons (Fsp3) is 1.00. The van der Waals surface area contributed by atoms with Crippen LogP contribution in [0.15, 0.2) is 0 Å². The monoisotopic (exact) mass is 370 g/mol. The summed E-state index contributed by atoms with van der Waals surface area (Å²) in [6, 6.07) is 0. The Balaban J connectivity index is 1.35. The lowest BCUT2D eigenvalue weighted by Gasteiger charge is -2.40. The minimum absolute atomic E-state index is 0.315. The number of fused-ring (bicyclic) bond motifs is 1. The van der Waals surface area contributed by atoms with Gasteiger partial charge in [-0.1, -0.05) is 12.8 Å². The van der Waals surface area contributed by atoms with Gasteiger partial charge in [-0.2, -0.15) is 0 Å². The molecule has 5 rings (SSSR count). The first-order valence-corrected chi connectivity index (χ1v) is 10.3. The van der Waals surface area contributed by atoms with Gasteiger partial charge in [0.2, 0.25) is 0 Å². The van der Waals surface area contributed by atoms with Gasteiger partial charge in [0.05, 0.1) is 6.61 Å². The lowest BCUT2D eigenvalue weighted by atomic mass is 9.93. The first-order chi connectivity index (χ1) is 12.6. The topological polar surface area (TPSA) is 86.6 Å². The number of aliphatic hydroxyl groups excluding tert-OH is 2. The number of aliphatic hydroxyl groups is 2. The van der Waals surface area contributed by atoms with Crippen LogP contribution in [-0.2, 0) is 23.7 Å². The molecule has 0 amide bonds. The molecule has 148 valence electrons. The zero-order valence-electron chi connectivity index (χ0n) is 15.2. The van der Waals surface area contributed by atoms with E-state index in [1.165, 1.54) is 12.8 Å². The zero-order valence-corrected chi connectivity index (χ0v) is 15.2. The predicted octanol–water partition coefficient (Wildman–Crippen LogP) is 1.58. The second-order valence-electron chi connectivity index (χ2n) is 8.56. The number of rotatable bonds is 1. The molecule has 7 nitrogen and oxygen atoms in total. The number of ether oxygens (including phenoxy) is 5. The largest absolute Gasteiger partial charge is 0.385 e. The van der Waals surface area contributed by atoms with Crippen molar-refractivity contribution >= 4 is 0 Å². The van der Waals surface area contributed by atoms with Gasteiger partial charge < -0.3 is 33.9 Å². The van der Waals surface area contributed by atoms with Gasteiger partial charge in [-0.25, -0.2) is 0 Å². The molecule has 3 saturated heterocycles. The molecule has 0 bridgehead atoms. The van der Waals surface area contributed by atoms with Crippen LogP contribution in [0, 0.1) is 0 Å². The molecule has 2 N–H and O–H groups in total. The van der Waals surface area contributed by atoms with E-state index in [0.29, 0.717) is 6.61 Å². The Bertz CT molecular complexity index is 514. The van der Waals surface area contributed by atoms with Crippen molar-refractivity contribution in [1.29, 1.82) is 0 Å². The molecule has 0 aromatic heterocycles. The molecule has 6 atom stereocenters. The van der Waals surface area contributed by atoms with E-state index in [2.05, 4.69) is 0 Å². The fourth-order valence-corrected chi connectivity index (χ4v) is 5.37. The summed E-state index contributed by atoms with van der Waals surface area (Å²) in [6.45, 7) is 0.424. The first kappa shape index (κ1) is 17.8. The van der Waals surface area contributed by atoms with Crippen molar-refractivity contribution in [2.45, 2.75) is 113 Å². The molecule has 0 radical (unpaired) electrons. The molecule has 5 fully saturated rings. The molecule has 0 aromatic carbocycles. The molecule has 7 heteroatoms. The lowest BCUT2D eigenvalue weighted by molar-refractivity contribution is -0.284. The molecule has 2 aliphatic carbocycles. The normalized spacial score (nSPS) is 47.3. The molecular weight excluding hydrogens is 340 g/mol. The number of hydrogen-bond donors (Lipinski definition) is 2. The highest BCUT2D eigenvalue weighted by molar-refractivity contribution is 5.02. The highest BCUT2D eigenvalue weighted by Crippen LogP contribution is 2.47. The SMILES string of the molecule is O[C@@H]1[C@@H]2OC3(CCCCC3)O[C@@H]2C([C@H]2COC3(CCCCC3)O2)O[C@H]1O. The van der Waals surface area contributed by atoms with Gasteiger partial charge in [0.25, 0.3) is 0 Å². The van der Waals surface area contributed by atoms with Crippen molar-refractivity contribution in [1.82, 2.24) is 0 Å². The van der Waals surface area contributed by atoms with E-state index in [1.807, 2.05) is 0 Å². The van der Waals surface area contributed by atoms with Crippen molar-refractivity contribution in [2.75, 3.05) is 6.61 Å². The van der Waals surface area contributed by atoms with Crippen LogP contribution in [0.1, 0.15) is 64.2 Å².